The molecule has 5 heteroatoms. The van der Waals surface area contributed by atoms with E-state index in [0.29, 0.717) is 18.3 Å². The summed E-state index contributed by atoms with van der Waals surface area (Å²) in [7, 11) is 1.34. The highest BCUT2D eigenvalue weighted by Crippen LogP contribution is 2.07. The van der Waals surface area contributed by atoms with Gasteiger partial charge in [0.15, 0.2) is 0 Å². The topological polar surface area (TPSA) is 46.6 Å². The largest absolute Gasteiger partial charge is 0.453 e. The Bertz CT molecular complexity index is 208. The molecule has 0 saturated heterocycles. The molecule has 0 aromatic carbocycles. The predicted molar refractivity (Wildman–Crippen MR) is 57.7 cm³/mol. The second kappa shape index (κ2) is 6.81. The molecule has 82 valence electrons. The maximum Gasteiger partial charge on any atom is 0.409 e. The van der Waals surface area contributed by atoms with Gasteiger partial charge in [-0.25, -0.2) is 4.79 Å². The first-order valence-corrected chi connectivity index (χ1v) is 5.61. The van der Waals surface area contributed by atoms with E-state index in [1.807, 2.05) is 13.8 Å². The lowest BCUT2D eigenvalue weighted by molar-refractivity contribution is -0.117. The molecule has 0 aromatic rings. The highest BCUT2D eigenvalue weighted by molar-refractivity contribution is 9.09. The molecule has 0 spiro atoms. The van der Waals surface area contributed by atoms with Gasteiger partial charge in [0, 0.05) is 19.0 Å². The van der Waals surface area contributed by atoms with E-state index >= 15 is 0 Å². The molecule has 0 aliphatic heterocycles. The summed E-state index contributed by atoms with van der Waals surface area (Å²) in [6.07, 6.45) is -0.0313. The van der Waals surface area contributed by atoms with Gasteiger partial charge in [-0.3, -0.25) is 4.79 Å². The number of carbonyl (C=O) groups is 2. The zero-order chi connectivity index (χ0) is 11.1. The monoisotopic (exact) mass is 265 g/mol. The number of hydrogen-bond acceptors (Lipinski definition) is 3. The lowest BCUT2D eigenvalue weighted by atomic mass is 10.1. The van der Waals surface area contributed by atoms with Crippen molar-refractivity contribution in [1.82, 2.24) is 4.90 Å². The number of ether oxygens (including phenoxy) is 1. The number of nitrogens with zero attached hydrogens (tertiary/aromatic N) is 1. The van der Waals surface area contributed by atoms with Crippen LogP contribution in [-0.4, -0.2) is 41.8 Å². The molecule has 1 amide bonds. The molecular weight excluding hydrogens is 250 g/mol. The fraction of sp³-hybridized carbons (Fsp3) is 0.778. The van der Waals surface area contributed by atoms with Crippen LogP contribution in [0.15, 0.2) is 0 Å². The molecule has 0 saturated carbocycles. The van der Waals surface area contributed by atoms with Crippen molar-refractivity contribution in [3.63, 3.8) is 0 Å². The van der Waals surface area contributed by atoms with Gasteiger partial charge in [-0.1, -0.05) is 15.9 Å². The van der Waals surface area contributed by atoms with E-state index in [-0.39, 0.29) is 17.9 Å². The van der Waals surface area contributed by atoms with Crippen LogP contribution >= 0.6 is 15.9 Å². The third-order valence-corrected chi connectivity index (χ3v) is 2.58. The maximum atomic E-state index is 11.2. The van der Waals surface area contributed by atoms with Crippen LogP contribution in [-0.2, 0) is 9.53 Å². The molecule has 0 heterocycles. The SMILES string of the molecule is CCN(C(=O)OC)C(C)CC(=O)CBr. The summed E-state index contributed by atoms with van der Waals surface area (Å²) < 4.78 is 4.60. The van der Waals surface area contributed by atoms with E-state index in [9.17, 15) is 9.59 Å². The summed E-state index contributed by atoms with van der Waals surface area (Å²) in [5.41, 5.74) is 0. The Kier molecular flexibility index (Phi) is 6.53. The Morgan fingerprint density at radius 1 is 1.50 bits per heavy atom. The minimum Gasteiger partial charge on any atom is -0.453 e. The summed E-state index contributed by atoms with van der Waals surface area (Å²) in [6.45, 7) is 4.23. The van der Waals surface area contributed by atoms with Crippen molar-refractivity contribution in [3.8, 4) is 0 Å². The molecule has 0 aliphatic carbocycles. The normalized spacial score (nSPS) is 12.0. The molecule has 0 fully saturated rings. The zero-order valence-electron chi connectivity index (χ0n) is 8.75. The minimum atomic E-state index is -0.387. The smallest absolute Gasteiger partial charge is 0.409 e. The number of hydrogen-bond donors (Lipinski definition) is 0. The number of methoxy groups -OCH3 is 1. The van der Waals surface area contributed by atoms with Crippen LogP contribution in [0.2, 0.25) is 0 Å². The van der Waals surface area contributed by atoms with Crippen LogP contribution in [0.4, 0.5) is 4.79 Å². The van der Waals surface area contributed by atoms with Gasteiger partial charge in [0.1, 0.15) is 5.78 Å². The molecule has 0 radical (unpaired) electrons. The van der Waals surface area contributed by atoms with Crippen molar-refractivity contribution in [1.29, 1.82) is 0 Å². The Balaban J connectivity index is 4.23. The van der Waals surface area contributed by atoms with Gasteiger partial charge in [-0.05, 0) is 13.8 Å². The quantitative estimate of drug-likeness (QED) is 0.713. The van der Waals surface area contributed by atoms with Crippen LogP contribution in [0.25, 0.3) is 0 Å². The van der Waals surface area contributed by atoms with Crippen LogP contribution in [0.3, 0.4) is 0 Å². The summed E-state index contributed by atoms with van der Waals surface area (Å²) in [4.78, 5) is 23.9. The average molecular weight is 266 g/mol. The van der Waals surface area contributed by atoms with Gasteiger partial charge < -0.3 is 9.64 Å². The Labute approximate surface area is 92.7 Å². The molecule has 4 nitrogen and oxygen atoms in total. The summed E-state index contributed by atoms with van der Waals surface area (Å²) >= 11 is 3.08. The number of rotatable bonds is 5. The number of alkyl halides is 1. The van der Waals surface area contributed by atoms with Crippen LogP contribution in [0.5, 0.6) is 0 Å². The van der Waals surface area contributed by atoms with E-state index in [4.69, 9.17) is 0 Å². The van der Waals surface area contributed by atoms with Crippen molar-refractivity contribution < 1.29 is 14.3 Å². The Morgan fingerprint density at radius 2 is 2.07 bits per heavy atom. The first-order valence-electron chi connectivity index (χ1n) is 4.49. The summed E-state index contributed by atoms with van der Waals surface area (Å²) in [5.74, 6) is 0.0832. The van der Waals surface area contributed by atoms with E-state index in [1.54, 1.807) is 0 Å². The number of Topliss-reactive ketones (excluding diaryl/α,β-unsaturated/α-hetero) is 1. The molecule has 0 aromatic heterocycles. The van der Waals surface area contributed by atoms with E-state index in [0.717, 1.165) is 0 Å². The van der Waals surface area contributed by atoms with Gasteiger partial charge in [-0.15, -0.1) is 0 Å². The highest BCUT2D eigenvalue weighted by atomic mass is 79.9. The molecule has 1 unspecified atom stereocenters. The number of amides is 1. The van der Waals surface area contributed by atoms with Gasteiger partial charge >= 0.3 is 6.09 Å². The molecule has 14 heavy (non-hydrogen) atoms. The van der Waals surface area contributed by atoms with Crippen LogP contribution in [0, 0.1) is 0 Å². The first-order chi connectivity index (χ1) is 6.56. The number of halogens is 1. The van der Waals surface area contributed by atoms with Gasteiger partial charge in [0.25, 0.3) is 0 Å². The van der Waals surface area contributed by atoms with Gasteiger partial charge in [-0.2, -0.15) is 0 Å². The lowest BCUT2D eigenvalue weighted by Gasteiger charge is -2.25. The second-order valence-corrected chi connectivity index (χ2v) is 3.54. The van der Waals surface area contributed by atoms with Gasteiger partial charge in [0.05, 0.1) is 12.4 Å². The lowest BCUT2D eigenvalue weighted by Crippen LogP contribution is -2.39. The van der Waals surface area contributed by atoms with Crippen molar-refractivity contribution in [3.05, 3.63) is 0 Å². The number of carbonyl (C=O) groups excluding carboxylic acids is 2. The van der Waals surface area contributed by atoms with Crippen molar-refractivity contribution >= 4 is 27.8 Å². The van der Waals surface area contributed by atoms with Crippen LogP contribution < -0.4 is 0 Å². The minimum absolute atomic E-state index is 0.0832. The first kappa shape index (κ1) is 13.4. The van der Waals surface area contributed by atoms with E-state index < -0.39 is 0 Å². The molecular formula is C9H16BrNO3. The fourth-order valence-corrected chi connectivity index (χ4v) is 1.46. The Morgan fingerprint density at radius 3 is 2.43 bits per heavy atom. The van der Waals surface area contributed by atoms with Crippen LogP contribution in [0.1, 0.15) is 20.3 Å². The van der Waals surface area contributed by atoms with Gasteiger partial charge in [0.2, 0.25) is 0 Å². The predicted octanol–water partition coefficient (Wildman–Crippen LogP) is 1.82. The fourth-order valence-electron chi connectivity index (χ4n) is 1.23. The molecule has 1 atom stereocenters. The molecule has 0 bridgehead atoms. The zero-order valence-corrected chi connectivity index (χ0v) is 10.3. The maximum absolute atomic E-state index is 11.2. The van der Waals surface area contributed by atoms with E-state index in [1.165, 1.54) is 12.0 Å². The molecule has 0 aliphatic rings. The van der Waals surface area contributed by atoms with Crippen molar-refractivity contribution in [2.24, 2.45) is 0 Å². The third-order valence-electron chi connectivity index (χ3n) is 1.95. The summed E-state index contributed by atoms with van der Waals surface area (Å²) in [6, 6.07) is -0.113. The van der Waals surface area contributed by atoms with Crippen molar-refractivity contribution in [2.45, 2.75) is 26.3 Å². The van der Waals surface area contributed by atoms with Crippen molar-refractivity contribution in [2.75, 3.05) is 19.0 Å². The molecule has 0 rings (SSSR count). The standard InChI is InChI=1S/C9H16BrNO3/c1-4-11(9(13)14-3)7(2)5-8(12)6-10/h7H,4-6H2,1-3H3. The van der Waals surface area contributed by atoms with E-state index in [2.05, 4.69) is 20.7 Å². The average Bonchev–Trinajstić information content (AvgIpc) is 2.18. The number of ketones is 1. The third kappa shape index (κ3) is 4.09. The Hall–Kier alpha value is -0.580. The summed E-state index contributed by atoms with van der Waals surface area (Å²) in [5, 5.41) is 0.329. The highest BCUT2D eigenvalue weighted by Gasteiger charge is 2.20. The second-order valence-electron chi connectivity index (χ2n) is 2.98. The molecule has 0 N–H and O–H groups in total.